The van der Waals surface area contributed by atoms with Crippen LogP contribution in [0.4, 0.5) is 8.78 Å². The zero-order valence-corrected chi connectivity index (χ0v) is 5.18. The summed E-state index contributed by atoms with van der Waals surface area (Å²) in [6.07, 6.45) is 0. The van der Waals surface area contributed by atoms with E-state index < -0.39 is 15.8 Å². The lowest BCUT2D eigenvalue weighted by Crippen LogP contribution is -2.20. The van der Waals surface area contributed by atoms with Crippen LogP contribution in [0.15, 0.2) is 0 Å². The SMILES string of the molecule is Cl.NS(=O)(=O)C(F)F. The highest BCUT2D eigenvalue weighted by Crippen LogP contribution is 1.95. The van der Waals surface area contributed by atoms with Gasteiger partial charge in [0.1, 0.15) is 0 Å². The molecule has 0 rings (SSSR count). The molecule has 0 spiro atoms. The van der Waals surface area contributed by atoms with Crippen LogP contribution in [0.25, 0.3) is 0 Å². The number of hydrogen-bond donors (Lipinski definition) is 1. The maximum absolute atomic E-state index is 10.8. The van der Waals surface area contributed by atoms with Crippen molar-refractivity contribution in [2.45, 2.75) is 5.76 Å². The molecule has 0 amide bonds. The first-order valence-corrected chi connectivity index (χ1v) is 2.85. The Balaban J connectivity index is 0. The van der Waals surface area contributed by atoms with Crippen LogP contribution in [0.3, 0.4) is 0 Å². The van der Waals surface area contributed by atoms with E-state index in [9.17, 15) is 17.2 Å². The van der Waals surface area contributed by atoms with Crippen LogP contribution >= 0.6 is 12.4 Å². The Morgan fingerprint density at radius 3 is 1.50 bits per heavy atom. The molecule has 3 nitrogen and oxygen atoms in total. The number of sulfonamides is 1. The van der Waals surface area contributed by atoms with E-state index >= 15 is 0 Å². The van der Waals surface area contributed by atoms with E-state index in [2.05, 4.69) is 5.14 Å². The molecular weight excluding hydrogens is 164 g/mol. The van der Waals surface area contributed by atoms with Crippen LogP contribution in [0.2, 0.25) is 0 Å². The predicted molar refractivity (Wildman–Crippen MR) is 26.4 cm³/mol. The first-order chi connectivity index (χ1) is 2.94. The lowest BCUT2D eigenvalue weighted by molar-refractivity contribution is 0.235. The summed E-state index contributed by atoms with van der Waals surface area (Å²) in [6, 6.07) is 0. The number of alkyl halides is 2. The van der Waals surface area contributed by atoms with Crippen molar-refractivity contribution in [3.8, 4) is 0 Å². The van der Waals surface area contributed by atoms with E-state index in [4.69, 9.17) is 0 Å². The molecule has 0 heterocycles. The molecule has 0 atom stereocenters. The lowest BCUT2D eigenvalue weighted by Gasteiger charge is -1.88. The van der Waals surface area contributed by atoms with Crippen molar-refractivity contribution in [1.82, 2.24) is 0 Å². The van der Waals surface area contributed by atoms with Gasteiger partial charge in [0, 0.05) is 0 Å². The largest absolute Gasteiger partial charge is 0.350 e. The fourth-order valence-electron chi connectivity index (χ4n) is 0. The fraction of sp³-hybridized carbons (Fsp3) is 1.00. The quantitative estimate of drug-likeness (QED) is 0.594. The summed E-state index contributed by atoms with van der Waals surface area (Å²) in [6.45, 7) is 0. The van der Waals surface area contributed by atoms with Gasteiger partial charge in [-0.05, 0) is 0 Å². The summed E-state index contributed by atoms with van der Waals surface area (Å²) >= 11 is 0. The van der Waals surface area contributed by atoms with Crippen molar-refractivity contribution in [2.24, 2.45) is 5.14 Å². The second-order valence-electron chi connectivity index (χ2n) is 0.850. The van der Waals surface area contributed by atoms with Crippen LogP contribution in [0.1, 0.15) is 0 Å². The molecule has 0 unspecified atom stereocenters. The van der Waals surface area contributed by atoms with E-state index in [0.717, 1.165) is 0 Å². The van der Waals surface area contributed by atoms with Crippen LogP contribution in [0, 0.1) is 0 Å². The Hall–Kier alpha value is 0.0600. The second kappa shape index (κ2) is 3.16. The van der Waals surface area contributed by atoms with Crippen LogP contribution in [0.5, 0.6) is 0 Å². The second-order valence-corrected chi connectivity index (χ2v) is 2.38. The minimum atomic E-state index is -4.57. The van der Waals surface area contributed by atoms with E-state index in [-0.39, 0.29) is 12.4 Å². The van der Waals surface area contributed by atoms with Gasteiger partial charge in [0.05, 0.1) is 0 Å². The monoisotopic (exact) mass is 167 g/mol. The molecule has 0 bridgehead atoms. The smallest absolute Gasteiger partial charge is 0.224 e. The summed E-state index contributed by atoms with van der Waals surface area (Å²) in [7, 11) is -4.57. The molecule has 0 aromatic rings. The average Bonchev–Trinajstić information content (AvgIpc) is 1.31. The van der Waals surface area contributed by atoms with Gasteiger partial charge >= 0.3 is 5.76 Å². The summed E-state index contributed by atoms with van der Waals surface area (Å²) in [5, 5.41) is 3.90. The van der Waals surface area contributed by atoms with Gasteiger partial charge in [0.25, 0.3) is 10.0 Å². The number of hydrogen-bond acceptors (Lipinski definition) is 2. The molecule has 0 aliphatic carbocycles. The maximum Gasteiger partial charge on any atom is 0.350 e. The highest BCUT2D eigenvalue weighted by Gasteiger charge is 2.16. The highest BCUT2D eigenvalue weighted by molar-refractivity contribution is 7.89. The first-order valence-electron chi connectivity index (χ1n) is 1.24. The van der Waals surface area contributed by atoms with Crippen LogP contribution in [-0.4, -0.2) is 14.2 Å². The molecule has 7 heteroatoms. The summed E-state index contributed by atoms with van der Waals surface area (Å²) in [4.78, 5) is 0. The molecule has 2 N–H and O–H groups in total. The predicted octanol–water partition coefficient (Wildman–Crippen LogP) is -0.0807. The van der Waals surface area contributed by atoms with Gasteiger partial charge in [0.15, 0.2) is 0 Å². The van der Waals surface area contributed by atoms with Crippen LogP contribution in [-0.2, 0) is 10.0 Å². The first kappa shape index (κ1) is 10.9. The minimum Gasteiger partial charge on any atom is -0.224 e. The van der Waals surface area contributed by atoms with Crippen molar-refractivity contribution in [3.63, 3.8) is 0 Å². The fourth-order valence-corrected chi connectivity index (χ4v) is 0. The standard InChI is InChI=1S/CH3F2NO2S.ClH/c2-1(3)7(4,5)6;/h1H,(H2,4,5,6);1H. The molecule has 0 aromatic carbocycles. The highest BCUT2D eigenvalue weighted by atomic mass is 35.5. The average molecular weight is 168 g/mol. The topological polar surface area (TPSA) is 60.2 Å². The van der Waals surface area contributed by atoms with E-state index in [1.807, 2.05) is 0 Å². The third-order valence-corrected chi connectivity index (χ3v) is 0.745. The van der Waals surface area contributed by atoms with Crippen LogP contribution < -0.4 is 5.14 Å². The maximum atomic E-state index is 10.8. The molecule has 0 saturated heterocycles. The molecule has 0 aliphatic rings. The normalized spacial score (nSPS) is 11.0. The number of halogens is 3. The molecule has 0 aromatic heterocycles. The summed E-state index contributed by atoms with van der Waals surface area (Å²) < 4.78 is 40.4. The number of primary sulfonamides is 1. The van der Waals surface area contributed by atoms with Gasteiger partial charge in [0.2, 0.25) is 0 Å². The minimum absolute atomic E-state index is 0. The van der Waals surface area contributed by atoms with E-state index in [1.165, 1.54) is 0 Å². The molecule has 0 radical (unpaired) electrons. The third kappa shape index (κ3) is 4.23. The Morgan fingerprint density at radius 2 is 1.50 bits per heavy atom. The van der Waals surface area contributed by atoms with Crippen molar-refractivity contribution in [1.29, 1.82) is 0 Å². The molecule has 0 saturated carbocycles. The van der Waals surface area contributed by atoms with Gasteiger partial charge < -0.3 is 0 Å². The van der Waals surface area contributed by atoms with Gasteiger partial charge in [-0.1, -0.05) is 0 Å². The van der Waals surface area contributed by atoms with Gasteiger partial charge in [-0.3, -0.25) is 0 Å². The van der Waals surface area contributed by atoms with Crippen molar-refractivity contribution in [3.05, 3.63) is 0 Å². The van der Waals surface area contributed by atoms with Crippen molar-refractivity contribution in [2.75, 3.05) is 0 Å². The van der Waals surface area contributed by atoms with Crippen molar-refractivity contribution < 1.29 is 17.2 Å². The number of rotatable bonds is 1. The van der Waals surface area contributed by atoms with Gasteiger partial charge in [-0.25, -0.2) is 13.6 Å². The molecule has 0 aliphatic heterocycles. The van der Waals surface area contributed by atoms with Gasteiger partial charge in [-0.2, -0.15) is 8.78 Å². The molecule has 52 valence electrons. The van der Waals surface area contributed by atoms with E-state index in [0.29, 0.717) is 0 Å². The summed E-state index contributed by atoms with van der Waals surface area (Å²) in [5.74, 6) is -3.45. The number of nitrogens with two attached hydrogens (primary N) is 1. The third-order valence-electron chi connectivity index (χ3n) is 0.248. The Labute approximate surface area is 51.3 Å². The Kier molecular flexibility index (Phi) is 4.32. The zero-order chi connectivity index (χ0) is 6.08. The van der Waals surface area contributed by atoms with Gasteiger partial charge in [-0.15, -0.1) is 12.4 Å². The molecule has 8 heavy (non-hydrogen) atoms. The summed E-state index contributed by atoms with van der Waals surface area (Å²) in [5.41, 5.74) is 0. The Morgan fingerprint density at radius 1 is 1.38 bits per heavy atom. The molecular formula is CH4ClF2NO2S. The van der Waals surface area contributed by atoms with E-state index in [1.54, 1.807) is 0 Å². The zero-order valence-electron chi connectivity index (χ0n) is 3.54. The lowest BCUT2D eigenvalue weighted by atomic mass is 11.7. The molecule has 0 fully saturated rings. The van der Waals surface area contributed by atoms with Crippen molar-refractivity contribution >= 4 is 22.4 Å². The Bertz CT molecular complexity index is 142.